The molecule has 5 heteroatoms. The van der Waals surface area contributed by atoms with Crippen LogP contribution in [0.1, 0.15) is 39.7 Å². The van der Waals surface area contributed by atoms with E-state index in [-0.39, 0.29) is 30.5 Å². The molecule has 5 atom stereocenters. The summed E-state index contributed by atoms with van der Waals surface area (Å²) < 4.78 is 29.9. The van der Waals surface area contributed by atoms with E-state index in [1.165, 1.54) is 0 Å². The smallest absolute Gasteiger partial charge is 0.190 e. The van der Waals surface area contributed by atoms with Crippen molar-refractivity contribution in [2.45, 2.75) is 71.1 Å². The lowest BCUT2D eigenvalue weighted by atomic mass is 10.1. The molecule has 1 aromatic carbocycles. The summed E-state index contributed by atoms with van der Waals surface area (Å²) in [5, 5.41) is 0. The van der Waals surface area contributed by atoms with Gasteiger partial charge in [-0.3, -0.25) is 0 Å². The predicted molar refractivity (Wildman–Crippen MR) is 89.7 cm³/mol. The summed E-state index contributed by atoms with van der Waals surface area (Å²) >= 11 is 0. The number of ether oxygens (including phenoxy) is 5. The van der Waals surface area contributed by atoms with Gasteiger partial charge in [-0.15, -0.1) is 0 Å². The van der Waals surface area contributed by atoms with Crippen molar-refractivity contribution in [2.75, 3.05) is 7.11 Å². The zero-order valence-electron chi connectivity index (χ0n) is 15.2. The van der Waals surface area contributed by atoms with Gasteiger partial charge in [0.1, 0.15) is 18.0 Å². The second-order valence-corrected chi connectivity index (χ2v) is 6.91. The number of hydrogen-bond acceptors (Lipinski definition) is 5. The topological polar surface area (TPSA) is 46.2 Å². The van der Waals surface area contributed by atoms with Gasteiger partial charge in [-0.2, -0.15) is 0 Å². The molecule has 0 saturated carbocycles. The van der Waals surface area contributed by atoms with Gasteiger partial charge in [0.15, 0.2) is 12.1 Å². The summed E-state index contributed by atoms with van der Waals surface area (Å²) in [4.78, 5) is 0. The molecule has 134 valence electrons. The molecule has 0 spiro atoms. The third-order valence-electron chi connectivity index (χ3n) is 5.06. The average Bonchev–Trinajstić information content (AvgIpc) is 3.07. The average molecular weight is 336 g/mol. The molecule has 0 aliphatic carbocycles. The molecule has 0 N–H and O–H groups in total. The van der Waals surface area contributed by atoms with Crippen LogP contribution in [-0.2, 0) is 25.6 Å². The number of para-hydroxylation sites is 1. The Morgan fingerprint density at radius 1 is 1.21 bits per heavy atom. The fraction of sp³-hybridized carbons (Fsp3) is 0.684. The molecule has 0 bridgehead atoms. The Morgan fingerprint density at radius 2 is 1.96 bits per heavy atom. The minimum absolute atomic E-state index is 0.0218. The molecule has 5 nitrogen and oxygen atoms in total. The van der Waals surface area contributed by atoms with E-state index < -0.39 is 5.79 Å². The summed E-state index contributed by atoms with van der Waals surface area (Å²) in [6.45, 7) is 8.69. The minimum Gasteiger partial charge on any atom is -0.496 e. The molecule has 0 amide bonds. The number of hydrogen-bond donors (Lipinski definition) is 0. The number of rotatable bonds is 6. The van der Waals surface area contributed by atoms with Gasteiger partial charge >= 0.3 is 0 Å². The van der Waals surface area contributed by atoms with E-state index in [9.17, 15) is 0 Å². The summed E-state index contributed by atoms with van der Waals surface area (Å²) in [5.74, 6) is 0.443. The second-order valence-electron chi connectivity index (χ2n) is 6.91. The van der Waals surface area contributed by atoms with Gasteiger partial charge < -0.3 is 23.7 Å². The summed E-state index contributed by atoms with van der Waals surface area (Å²) in [7, 11) is 1.67. The molecule has 24 heavy (non-hydrogen) atoms. The standard InChI is InChI=1S/C19H28O5/c1-6-14-16(21-11-13-9-7-8-10-15(13)20-5)17-18(22-14)24-19(4,23-17)12(2)3/h7-10,12,14,16-18H,6,11H2,1-5H3/t14-,16+,17-,18-,19?/m1/s1. The van der Waals surface area contributed by atoms with E-state index >= 15 is 0 Å². The first-order valence-electron chi connectivity index (χ1n) is 8.73. The van der Waals surface area contributed by atoms with Gasteiger partial charge in [-0.1, -0.05) is 39.0 Å². The Balaban J connectivity index is 1.71. The quantitative estimate of drug-likeness (QED) is 0.795. The third kappa shape index (κ3) is 3.18. The highest BCUT2D eigenvalue weighted by molar-refractivity contribution is 5.32. The van der Waals surface area contributed by atoms with Crippen molar-refractivity contribution >= 4 is 0 Å². The zero-order valence-corrected chi connectivity index (χ0v) is 15.2. The molecule has 0 radical (unpaired) electrons. The zero-order chi connectivity index (χ0) is 17.3. The Morgan fingerprint density at radius 3 is 2.62 bits per heavy atom. The van der Waals surface area contributed by atoms with Crippen molar-refractivity contribution in [2.24, 2.45) is 5.92 Å². The van der Waals surface area contributed by atoms with E-state index in [1.807, 2.05) is 31.2 Å². The minimum atomic E-state index is -0.625. The fourth-order valence-corrected chi connectivity index (χ4v) is 3.25. The van der Waals surface area contributed by atoms with Gasteiger partial charge in [0.25, 0.3) is 0 Å². The molecule has 1 unspecified atom stereocenters. The van der Waals surface area contributed by atoms with Crippen molar-refractivity contribution in [3.63, 3.8) is 0 Å². The Labute approximate surface area is 144 Å². The van der Waals surface area contributed by atoms with Crippen LogP contribution in [0.15, 0.2) is 24.3 Å². The lowest BCUT2D eigenvalue weighted by Crippen LogP contribution is -2.39. The highest BCUT2D eigenvalue weighted by atomic mass is 16.8. The normalized spacial score (nSPS) is 35.4. The lowest BCUT2D eigenvalue weighted by Gasteiger charge is -2.31. The summed E-state index contributed by atoms with van der Waals surface area (Å²) in [5.41, 5.74) is 1.02. The fourth-order valence-electron chi connectivity index (χ4n) is 3.25. The van der Waals surface area contributed by atoms with Crippen molar-refractivity contribution in [1.29, 1.82) is 0 Å². The predicted octanol–water partition coefficient (Wildman–Crippen LogP) is 3.50. The molecule has 2 saturated heterocycles. The van der Waals surface area contributed by atoms with Crippen LogP contribution >= 0.6 is 0 Å². The van der Waals surface area contributed by atoms with Crippen LogP contribution in [0.3, 0.4) is 0 Å². The lowest BCUT2D eigenvalue weighted by molar-refractivity contribution is -0.247. The van der Waals surface area contributed by atoms with Crippen LogP contribution in [0.25, 0.3) is 0 Å². The van der Waals surface area contributed by atoms with E-state index in [0.29, 0.717) is 6.61 Å². The van der Waals surface area contributed by atoms with E-state index in [2.05, 4.69) is 20.8 Å². The maximum absolute atomic E-state index is 6.22. The SMILES string of the molecule is CC[C@H]1O[C@@H]2OC(C)(C(C)C)O[C@@H]2[C@H]1OCc1ccccc1OC. The molecule has 3 rings (SSSR count). The van der Waals surface area contributed by atoms with E-state index in [1.54, 1.807) is 7.11 Å². The van der Waals surface area contributed by atoms with Crippen LogP contribution in [0.4, 0.5) is 0 Å². The maximum atomic E-state index is 6.22. The Bertz CT molecular complexity index is 560. The van der Waals surface area contributed by atoms with Gasteiger partial charge in [0.2, 0.25) is 0 Å². The molecule has 2 aliphatic rings. The van der Waals surface area contributed by atoms with Crippen molar-refractivity contribution in [3.8, 4) is 5.75 Å². The monoisotopic (exact) mass is 336 g/mol. The molecular formula is C19H28O5. The molecule has 0 aromatic heterocycles. The Kier molecular flexibility index (Phi) is 5.16. The van der Waals surface area contributed by atoms with Crippen molar-refractivity contribution in [3.05, 3.63) is 29.8 Å². The van der Waals surface area contributed by atoms with Crippen LogP contribution in [0, 0.1) is 5.92 Å². The van der Waals surface area contributed by atoms with Gasteiger partial charge in [-0.05, 0) is 19.4 Å². The molecule has 2 aliphatic heterocycles. The van der Waals surface area contributed by atoms with Gasteiger partial charge in [0.05, 0.1) is 19.8 Å². The van der Waals surface area contributed by atoms with Crippen LogP contribution in [0.5, 0.6) is 5.75 Å². The van der Waals surface area contributed by atoms with Gasteiger partial charge in [0, 0.05) is 11.5 Å². The van der Waals surface area contributed by atoms with E-state index in [0.717, 1.165) is 17.7 Å². The number of methoxy groups -OCH3 is 1. The van der Waals surface area contributed by atoms with E-state index in [4.69, 9.17) is 23.7 Å². The third-order valence-corrected chi connectivity index (χ3v) is 5.06. The highest BCUT2D eigenvalue weighted by Crippen LogP contribution is 2.43. The van der Waals surface area contributed by atoms with Crippen molar-refractivity contribution in [1.82, 2.24) is 0 Å². The summed E-state index contributed by atoms with van der Waals surface area (Å²) in [6, 6.07) is 7.89. The number of fused-ring (bicyclic) bond motifs is 1. The molecular weight excluding hydrogens is 308 g/mol. The first-order chi connectivity index (χ1) is 11.5. The van der Waals surface area contributed by atoms with Crippen molar-refractivity contribution < 1.29 is 23.7 Å². The molecule has 1 aromatic rings. The molecule has 2 fully saturated rings. The van der Waals surface area contributed by atoms with Crippen LogP contribution < -0.4 is 4.74 Å². The van der Waals surface area contributed by atoms with Gasteiger partial charge in [-0.25, -0.2) is 0 Å². The maximum Gasteiger partial charge on any atom is 0.190 e. The Hall–Kier alpha value is -1.14. The second kappa shape index (κ2) is 7.00. The van der Waals surface area contributed by atoms with Crippen LogP contribution in [0.2, 0.25) is 0 Å². The first-order valence-corrected chi connectivity index (χ1v) is 8.73. The largest absolute Gasteiger partial charge is 0.496 e. The first kappa shape index (κ1) is 17.7. The highest BCUT2D eigenvalue weighted by Gasteiger charge is 2.57. The number of benzene rings is 1. The molecule has 2 heterocycles. The summed E-state index contributed by atoms with van der Waals surface area (Å²) in [6.07, 6.45) is 0.133. The van der Waals surface area contributed by atoms with Crippen LogP contribution in [-0.4, -0.2) is 37.5 Å².